The number of hydrogen-bond donors (Lipinski definition) is 3. The Kier molecular flexibility index (Phi) is 36.7. The van der Waals surface area contributed by atoms with Crippen LogP contribution in [0.4, 0.5) is 11.4 Å². The highest BCUT2D eigenvalue weighted by Crippen LogP contribution is 2.50. The zero-order valence-corrected chi connectivity index (χ0v) is 62.5. The first kappa shape index (κ1) is 85.4. The van der Waals surface area contributed by atoms with E-state index < -0.39 is 77.0 Å². The van der Waals surface area contributed by atoms with E-state index in [9.17, 15) is 49.1 Å². The van der Waals surface area contributed by atoms with Crippen LogP contribution in [0.25, 0.3) is 11.1 Å². The zero-order valence-electron chi connectivity index (χ0n) is 60.1. The van der Waals surface area contributed by atoms with Crippen LogP contribution in [0.2, 0.25) is 0 Å². The fraction of sp³-hybridized carbons (Fsp3) is 0.634. The maximum Gasteiger partial charge on any atom is 0.333 e. The Labute approximate surface area is 603 Å². The van der Waals surface area contributed by atoms with Gasteiger partial charge < -0.3 is 75.9 Å². The number of imide groups is 1. The van der Waals surface area contributed by atoms with Gasteiger partial charge in [0.2, 0.25) is 5.69 Å². The van der Waals surface area contributed by atoms with Crippen molar-refractivity contribution in [2.75, 3.05) is 189 Å². The summed E-state index contributed by atoms with van der Waals surface area (Å²) in [7, 11) is -5.46. The maximum atomic E-state index is 13.1. The lowest BCUT2D eigenvalue weighted by Crippen LogP contribution is -2.52. The minimum atomic E-state index is -4.35. The van der Waals surface area contributed by atoms with E-state index in [0.717, 1.165) is 28.0 Å². The predicted molar refractivity (Wildman–Crippen MR) is 381 cm³/mol. The lowest BCUT2D eigenvalue weighted by atomic mass is 9.75. The summed E-state index contributed by atoms with van der Waals surface area (Å²) in [6.45, 7) is 19.2. The van der Waals surface area contributed by atoms with Gasteiger partial charge in [0.15, 0.2) is 16.8 Å². The molecule has 3 N–H and O–H groups in total. The van der Waals surface area contributed by atoms with Gasteiger partial charge in [0.05, 0.1) is 159 Å². The summed E-state index contributed by atoms with van der Waals surface area (Å²) in [6, 6.07) is 8.82. The number of rotatable bonds is 53. The number of benzene rings is 2. The molecular weight excluding hydrogens is 1390 g/mol. The van der Waals surface area contributed by atoms with Crippen molar-refractivity contribution in [3.63, 3.8) is 0 Å². The second kappa shape index (κ2) is 43.8. The number of allylic oxidation sites excluding steroid dienone is 9. The molecule has 0 aromatic heterocycles. The summed E-state index contributed by atoms with van der Waals surface area (Å²) in [5, 5.41) is 0.490. The molecule has 2 aromatic carbocycles. The van der Waals surface area contributed by atoms with Crippen molar-refractivity contribution < 1.29 is 120 Å². The Hall–Kier alpha value is -5.53. The number of nitrogens with zero attached hydrogens (tertiary/aromatic N) is 3. The van der Waals surface area contributed by atoms with E-state index in [1.165, 1.54) is 6.07 Å². The summed E-state index contributed by atoms with van der Waals surface area (Å²) >= 11 is -2.38. The van der Waals surface area contributed by atoms with Crippen molar-refractivity contribution in [2.24, 2.45) is 5.41 Å². The molecule has 0 aliphatic carbocycles. The molecular formula is C71H106N3O25S3+. The fourth-order valence-electron chi connectivity index (χ4n) is 11.9. The van der Waals surface area contributed by atoms with Gasteiger partial charge in [0.1, 0.15) is 18.1 Å². The Morgan fingerprint density at radius 1 is 0.647 bits per heavy atom. The minimum Gasteiger partial charge on any atom is -0.460 e. The molecule has 102 heavy (non-hydrogen) atoms. The van der Waals surface area contributed by atoms with E-state index in [2.05, 4.69) is 17.0 Å². The molecule has 2 unspecified atom stereocenters. The number of hydroxylamine groups is 2. The molecule has 4 aliphatic rings. The van der Waals surface area contributed by atoms with E-state index >= 15 is 0 Å². The third kappa shape index (κ3) is 28.4. The molecule has 0 bridgehead atoms. The summed E-state index contributed by atoms with van der Waals surface area (Å²) in [4.78, 5) is 45.0. The Morgan fingerprint density at radius 3 is 1.62 bits per heavy atom. The number of methoxy groups -OCH3 is 2. The van der Waals surface area contributed by atoms with E-state index in [-0.39, 0.29) is 76.1 Å². The van der Waals surface area contributed by atoms with Gasteiger partial charge in [-0.05, 0) is 81.4 Å². The number of anilines is 1. The average molecular weight is 1500 g/mol. The number of ether oxygens (including phenoxy) is 13. The van der Waals surface area contributed by atoms with Gasteiger partial charge in [-0.15, -0.1) is 5.06 Å². The maximum absolute atomic E-state index is 13.1. The molecule has 0 spiro atoms. The standard InChI is InChI=1S/C71H105N3O25S3/c1-55-54-71(22-26-88-32-34-92-40-42-96-46-44-94-38-36-90-30-28-86-6,23-27-89-33-35-93-41-43-97-47-45-95-39-37-91-31-29-87-7)73(25-13-49-102(83,84)85)62-53-63-59(52-58(55)62)56(50-65(98-63)69(2,3)4)14-9-8-10-15-64-70(5,21-11-16-68(77)99-74-66(75)19-20-67(74)76)60-51-57(100(78)79)17-18-61(60)72(64)24-12-48-101(80,81)82/h8-10,14-15,17-18,50-54H,11-13,16,19-49H2,1-7H3,(H2-,78,79,80,81,82,83,84,85)/p+1. The summed E-state index contributed by atoms with van der Waals surface area (Å²) in [5.41, 5.74) is 3.78. The first-order chi connectivity index (χ1) is 48.8. The zero-order chi connectivity index (χ0) is 74.0. The quantitative estimate of drug-likeness (QED) is 0.0143. The summed E-state index contributed by atoms with van der Waals surface area (Å²) in [5.74, 6) is -1.84. The lowest BCUT2D eigenvalue weighted by Gasteiger charge is -2.48. The minimum absolute atomic E-state index is 0.0134. The molecule has 4 aliphatic heterocycles. The van der Waals surface area contributed by atoms with E-state index in [1.807, 2.05) is 81.7 Å². The van der Waals surface area contributed by atoms with Crippen molar-refractivity contribution in [3.05, 3.63) is 95.3 Å². The first-order valence-corrected chi connectivity index (χ1v) is 38.9. The van der Waals surface area contributed by atoms with Crippen molar-refractivity contribution in [1.29, 1.82) is 0 Å². The van der Waals surface area contributed by atoms with Crippen LogP contribution >= 0.6 is 0 Å². The van der Waals surface area contributed by atoms with Crippen molar-refractivity contribution in [2.45, 2.75) is 108 Å². The largest absolute Gasteiger partial charge is 0.460 e. The van der Waals surface area contributed by atoms with Gasteiger partial charge >= 0.3 is 5.97 Å². The van der Waals surface area contributed by atoms with Crippen molar-refractivity contribution in [3.8, 4) is 5.75 Å². The van der Waals surface area contributed by atoms with E-state index in [4.69, 9.17) is 66.4 Å². The van der Waals surface area contributed by atoms with Gasteiger partial charge in [-0.25, -0.2) is 9.00 Å². The van der Waals surface area contributed by atoms with Crippen LogP contribution in [0.3, 0.4) is 0 Å². The molecule has 28 nitrogen and oxygen atoms in total. The van der Waals surface area contributed by atoms with Gasteiger partial charge in [-0.1, -0.05) is 51.2 Å². The molecule has 31 heteroatoms. The molecule has 0 saturated carbocycles. The molecule has 6 rings (SSSR count). The molecule has 1 fully saturated rings. The molecule has 0 radical (unpaired) electrons. The van der Waals surface area contributed by atoms with Gasteiger partial charge in [0, 0.05) is 106 Å². The SMILES string of the molecule is COCCOCCOCCOCCOCCOCCC1(CCOCCOCCOCCOCCOCCOC)C=C(C)c2cc3c(cc2N1CCCS(=O)(=O)O)OC(C(C)(C)C)=CC3=CC=CC=CC1=[N+](CCCS(=O)(=O)O)c2ccc(S(=O)O)cc2C1(C)CCCC(=O)ON1C(=O)CCC1=O. The molecule has 572 valence electrons. The molecule has 1 saturated heterocycles. The topological polar surface area (TPSA) is 336 Å². The number of carbonyl (C=O) groups is 3. The number of amides is 2. The normalized spacial score (nSPS) is 17.6. The fourth-order valence-corrected chi connectivity index (χ4v) is 13.3. The highest BCUT2D eigenvalue weighted by Gasteiger charge is 2.48. The van der Waals surface area contributed by atoms with E-state index in [1.54, 1.807) is 26.4 Å². The summed E-state index contributed by atoms with van der Waals surface area (Å²) in [6.07, 6.45) is 14.6. The first-order valence-electron chi connectivity index (χ1n) is 34.5. The average Bonchev–Trinajstić information content (AvgIpc) is 0.802. The van der Waals surface area contributed by atoms with Crippen molar-refractivity contribution >= 4 is 77.3 Å². The van der Waals surface area contributed by atoms with Gasteiger partial charge in [-0.2, -0.15) is 21.4 Å². The monoisotopic (exact) mass is 1500 g/mol. The number of hydrogen-bond acceptors (Lipinski definition) is 23. The molecule has 2 amide bonds. The third-order valence-corrected chi connectivity index (χ3v) is 19.3. The Bertz CT molecular complexity index is 3420. The molecule has 2 atom stereocenters. The Balaban J connectivity index is 1.25. The molecule has 4 heterocycles. The van der Waals surface area contributed by atoms with Crippen LogP contribution < -0.4 is 9.64 Å². The Morgan fingerprint density at radius 2 is 1.14 bits per heavy atom. The second-order valence-corrected chi connectivity index (χ2v) is 29.9. The second-order valence-electron chi connectivity index (χ2n) is 25.8. The van der Waals surface area contributed by atoms with Crippen LogP contribution in [0.1, 0.15) is 109 Å². The molecule has 2 aromatic rings. The number of fused-ring (bicyclic) bond motifs is 3. The predicted octanol–water partition coefficient (Wildman–Crippen LogP) is 7.68. The highest BCUT2D eigenvalue weighted by molar-refractivity contribution is 7.86. The van der Waals surface area contributed by atoms with E-state index in [0.29, 0.717) is 179 Å². The van der Waals surface area contributed by atoms with Crippen LogP contribution in [0.5, 0.6) is 5.75 Å². The highest BCUT2D eigenvalue weighted by atomic mass is 32.2. The van der Waals surface area contributed by atoms with Crippen LogP contribution in [0.15, 0.2) is 83.5 Å². The van der Waals surface area contributed by atoms with Crippen molar-refractivity contribution in [1.82, 2.24) is 5.06 Å². The third-order valence-electron chi connectivity index (χ3n) is 17.1. The van der Waals surface area contributed by atoms with Crippen LogP contribution in [-0.4, -0.2) is 258 Å². The van der Waals surface area contributed by atoms with Gasteiger partial charge in [0.25, 0.3) is 32.1 Å². The van der Waals surface area contributed by atoms with Crippen LogP contribution in [0, 0.1) is 5.41 Å². The smallest absolute Gasteiger partial charge is 0.333 e. The number of carbonyl (C=O) groups excluding carboxylic acids is 3. The van der Waals surface area contributed by atoms with Crippen LogP contribution in [-0.2, 0) is 113 Å². The van der Waals surface area contributed by atoms with Gasteiger partial charge in [-0.3, -0.25) is 18.7 Å². The summed E-state index contributed by atoms with van der Waals surface area (Å²) < 4.78 is 167. The lowest BCUT2D eigenvalue weighted by molar-refractivity contribution is -0.437.